The zero-order valence-electron chi connectivity index (χ0n) is 22.2. The van der Waals surface area contributed by atoms with E-state index in [2.05, 4.69) is 17.9 Å². The third-order valence-electron chi connectivity index (χ3n) is 7.90. The molecule has 0 spiro atoms. The molecule has 1 amide bonds. The van der Waals surface area contributed by atoms with Crippen molar-refractivity contribution in [1.29, 1.82) is 0 Å². The first-order chi connectivity index (χ1) is 17.1. The molecule has 2 atom stereocenters. The van der Waals surface area contributed by atoms with Gasteiger partial charge >= 0.3 is 0 Å². The molecule has 0 bridgehead atoms. The number of carbonyl (C=O) groups excluding carboxylic acids is 1. The average Bonchev–Trinajstić information content (AvgIpc) is 2.83. The standard InChI is InChI=1S/C30H40ClNO4/c1-6-15-30(4,34)22-9-13-24(14-10-22)32-28(33)17-21-16-26(35-5)27(36-19(2)3)18-25(21)29(32)20-7-11-23(31)12-8-20/h7-8,11-12,16,18-19,22,24,29,34H,6,9-10,13-15,17H2,1-5H3/t22-,24-,29?,30?. The lowest BCUT2D eigenvalue weighted by Gasteiger charge is -2.46. The molecule has 4 rings (SSSR count). The number of amides is 1. The van der Waals surface area contributed by atoms with Gasteiger partial charge in [0.2, 0.25) is 5.91 Å². The Morgan fingerprint density at radius 1 is 1.11 bits per heavy atom. The van der Waals surface area contributed by atoms with Gasteiger partial charge in [-0.25, -0.2) is 0 Å². The summed E-state index contributed by atoms with van der Waals surface area (Å²) in [7, 11) is 1.63. The maximum absolute atomic E-state index is 13.7. The molecule has 1 aliphatic carbocycles. The van der Waals surface area contributed by atoms with Crippen LogP contribution in [0.5, 0.6) is 11.5 Å². The summed E-state index contributed by atoms with van der Waals surface area (Å²) >= 11 is 6.23. The zero-order valence-corrected chi connectivity index (χ0v) is 23.0. The number of benzene rings is 2. The van der Waals surface area contributed by atoms with Gasteiger partial charge in [0.1, 0.15) is 0 Å². The minimum absolute atomic E-state index is 0.00144. The Balaban J connectivity index is 1.72. The molecule has 1 N–H and O–H groups in total. The van der Waals surface area contributed by atoms with E-state index in [0.717, 1.165) is 55.2 Å². The number of nitrogens with zero attached hydrogens (tertiary/aromatic N) is 1. The summed E-state index contributed by atoms with van der Waals surface area (Å²) in [5, 5.41) is 11.7. The molecule has 2 aliphatic rings. The fourth-order valence-electron chi connectivity index (χ4n) is 6.16. The lowest BCUT2D eigenvalue weighted by molar-refractivity contribution is -0.137. The van der Waals surface area contributed by atoms with Crippen molar-refractivity contribution in [3.8, 4) is 11.5 Å². The van der Waals surface area contributed by atoms with E-state index >= 15 is 0 Å². The largest absolute Gasteiger partial charge is 0.493 e. The monoisotopic (exact) mass is 513 g/mol. The minimum Gasteiger partial charge on any atom is -0.493 e. The first-order valence-corrected chi connectivity index (χ1v) is 13.7. The van der Waals surface area contributed by atoms with E-state index in [9.17, 15) is 9.90 Å². The van der Waals surface area contributed by atoms with Crippen molar-refractivity contribution < 1.29 is 19.4 Å². The van der Waals surface area contributed by atoms with Crippen LogP contribution in [0.1, 0.15) is 89.0 Å². The van der Waals surface area contributed by atoms with Crippen molar-refractivity contribution in [1.82, 2.24) is 4.90 Å². The van der Waals surface area contributed by atoms with E-state index in [1.165, 1.54) is 0 Å². The number of fused-ring (bicyclic) bond motifs is 1. The molecular weight excluding hydrogens is 474 g/mol. The highest BCUT2D eigenvalue weighted by molar-refractivity contribution is 6.30. The second-order valence-electron chi connectivity index (χ2n) is 10.9. The predicted octanol–water partition coefficient (Wildman–Crippen LogP) is 6.72. The van der Waals surface area contributed by atoms with Crippen molar-refractivity contribution in [3.05, 3.63) is 58.1 Å². The maximum atomic E-state index is 13.7. The number of hydrogen-bond donors (Lipinski definition) is 1. The van der Waals surface area contributed by atoms with Crippen LogP contribution in [0.4, 0.5) is 0 Å². The van der Waals surface area contributed by atoms with Crippen molar-refractivity contribution in [2.24, 2.45) is 5.92 Å². The van der Waals surface area contributed by atoms with Gasteiger partial charge in [0.15, 0.2) is 11.5 Å². The van der Waals surface area contributed by atoms with Gasteiger partial charge in [0.25, 0.3) is 0 Å². The molecular formula is C30H40ClNO4. The smallest absolute Gasteiger partial charge is 0.228 e. The van der Waals surface area contributed by atoms with Crippen molar-refractivity contribution >= 4 is 17.5 Å². The van der Waals surface area contributed by atoms with Crippen LogP contribution in [0.3, 0.4) is 0 Å². The van der Waals surface area contributed by atoms with Crippen molar-refractivity contribution in [2.45, 2.75) is 96.4 Å². The quantitative estimate of drug-likeness (QED) is 0.425. The number of methoxy groups -OCH3 is 1. The number of rotatable bonds is 8. The molecule has 2 aromatic carbocycles. The number of ether oxygens (including phenoxy) is 2. The molecule has 1 fully saturated rings. The Hall–Kier alpha value is -2.24. The van der Waals surface area contributed by atoms with E-state index in [4.69, 9.17) is 21.1 Å². The average molecular weight is 514 g/mol. The predicted molar refractivity (Wildman–Crippen MR) is 144 cm³/mol. The van der Waals surface area contributed by atoms with E-state index in [0.29, 0.717) is 22.9 Å². The van der Waals surface area contributed by atoms with Crippen LogP contribution in [0.2, 0.25) is 5.02 Å². The van der Waals surface area contributed by atoms with Gasteiger partial charge < -0.3 is 19.5 Å². The van der Waals surface area contributed by atoms with Crippen molar-refractivity contribution in [3.63, 3.8) is 0 Å². The molecule has 196 valence electrons. The van der Waals surface area contributed by atoms with Gasteiger partial charge in [-0.3, -0.25) is 4.79 Å². The zero-order chi connectivity index (χ0) is 26.0. The number of aliphatic hydroxyl groups is 1. The van der Waals surface area contributed by atoms with Crippen LogP contribution in [0.25, 0.3) is 0 Å². The van der Waals surface area contributed by atoms with Gasteiger partial charge in [-0.2, -0.15) is 0 Å². The summed E-state index contributed by atoms with van der Waals surface area (Å²) in [4.78, 5) is 15.8. The molecule has 1 heterocycles. The van der Waals surface area contributed by atoms with Crippen LogP contribution in [-0.4, -0.2) is 40.8 Å². The Labute approximate surface area is 220 Å². The molecule has 1 aliphatic heterocycles. The highest BCUT2D eigenvalue weighted by Crippen LogP contribution is 2.46. The van der Waals surface area contributed by atoms with Gasteiger partial charge in [-0.15, -0.1) is 0 Å². The fourth-order valence-corrected chi connectivity index (χ4v) is 6.29. The molecule has 2 aromatic rings. The highest BCUT2D eigenvalue weighted by atomic mass is 35.5. The minimum atomic E-state index is -0.645. The van der Waals surface area contributed by atoms with Gasteiger partial charge in [0, 0.05) is 11.1 Å². The number of carbonyl (C=O) groups is 1. The van der Waals surface area contributed by atoms with Crippen LogP contribution in [0, 0.1) is 5.92 Å². The lowest BCUT2D eigenvalue weighted by atomic mass is 9.73. The van der Waals surface area contributed by atoms with Crippen LogP contribution >= 0.6 is 11.6 Å². The Morgan fingerprint density at radius 2 is 1.78 bits per heavy atom. The fraction of sp³-hybridized carbons (Fsp3) is 0.567. The van der Waals surface area contributed by atoms with E-state index < -0.39 is 5.60 Å². The topological polar surface area (TPSA) is 59.0 Å². The first-order valence-electron chi connectivity index (χ1n) is 13.3. The first kappa shape index (κ1) is 26.8. The Kier molecular flexibility index (Phi) is 8.21. The van der Waals surface area contributed by atoms with E-state index in [1.807, 2.05) is 51.1 Å². The van der Waals surface area contributed by atoms with Crippen LogP contribution < -0.4 is 9.47 Å². The lowest BCUT2D eigenvalue weighted by Crippen LogP contribution is -2.49. The molecule has 0 aromatic heterocycles. The molecule has 0 saturated heterocycles. The summed E-state index contributed by atoms with van der Waals surface area (Å²) in [5.74, 6) is 1.74. The molecule has 2 unspecified atom stereocenters. The second-order valence-corrected chi connectivity index (χ2v) is 11.3. The van der Waals surface area contributed by atoms with Gasteiger partial charge in [0.05, 0.1) is 31.3 Å². The van der Waals surface area contributed by atoms with Gasteiger partial charge in [-0.1, -0.05) is 37.1 Å². The van der Waals surface area contributed by atoms with Crippen LogP contribution in [-0.2, 0) is 11.2 Å². The molecule has 6 heteroatoms. The highest BCUT2D eigenvalue weighted by Gasteiger charge is 2.42. The molecule has 36 heavy (non-hydrogen) atoms. The third-order valence-corrected chi connectivity index (χ3v) is 8.15. The summed E-state index contributed by atoms with van der Waals surface area (Å²) in [6.45, 7) is 8.09. The number of hydrogen-bond acceptors (Lipinski definition) is 4. The molecule has 1 saturated carbocycles. The van der Waals surface area contributed by atoms with Crippen LogP contribution in [0.15, 0.2) is 36.4 Å². The second kappa shape index (κ2) is 11.0. The Bertz CT molecular complexity index is 1060. The third kappa shape index (κ3) is 5.52. The summed E-state index contributed by atoms with van der Waals surface area (Å²) < 4.78 is 11.7. The van der Waals surface area contributed by atoms with Gasteiger partial charge in [-0.05, 0) is 99.7 Å². The maximum Gasteiger partial charge on any atom is 0.228 e. The molecule has 0 radical (unpaired) electrons. The summed E-state index contributed by atoms with van der Waals surface area (Å²) in [6.07, 6.45) is 5.74. The SMILES string of the molecule is CCCC(C)(O)[C@H]1CC[C@H](N2C(=O)Cc3cc(OC)c(OC(C)C)cc3C2c2ccc(Cl)cc2)CC1. The Morgan fingerprint density at radius 3 is 2.36 bits per heavy atom. The molecule has 5 nitrogen and oxygen atoms in total. The van der Waals surface area contributed by atoms with Crippen molar-refractivity contribution in [2.75, 3.05) is 7.11 Å². The normalized spacial score (nSPS) is 23.8. The number of halogens is 1. The summed E-state index contributed by atoms with van der Waals surface area (Å²) in [6, 6.07) is 11.7. The van der Waals surface area contributed by atoms with E-state index in [-0.39, 0.29) is 30.0 Å². The summed E-state index contributed by atoms with van der Waals surface area (Å²) in [5.41, 5.74) is 2.44. The van der Waals surface area contributed by atoms with E-state index in [1.54, 1.807) is 7.11 Å².